The number of benzene rings is 6. The Morgan fingerprint density at radius 3 is 1.48 bits per heavy atom. The van der Waals surface area contributed by atoms with Gasteiger partial charge in [0.15, 0.2) is 22.6 Å². The first kappa shape index (κ1) is 108. The molecule has 6 aromatic carbocycles. The van der Waals surface area contributed by atoms with Crippen molar-refractivity contribution in [3.63, 3.8) is 0 Å². The number of nitrogens with zero attached hydrogens (tertiary/aromatic N) is 25. The molecule has 7 amide bonds. The minimum atomic E-state index is -3.55. The lowest BCUT2D eigenvalue weighted by molar-refractivity contribution is -0.151. The van der Waals surface area contributed by atoms with Crippen molar-refractivity contribution < 1.29 is 85.4 Å². The molecule has 0 bridgehead atoms. The molecule has 7 N–H and O–H groups in total. The van der Waals surface area contributed by atoms with E-state index < -0.39 is 92.0 Å². The number of aromatic nitrogens is 23. The second kappa shape index (κ2) is 48.0. The van der Waals surface area contributed by atoms with Crippen LogP contribution in [0, 0.1) is 6.92 Å². The average Bonchev–Trinajstić information content (AvgIpc) is 1.71. The van der Waals surface area contributed by atoms with Gasteiger partial charge in [-0.05, 0) is 183 Å². The molecule has 0 saturated carbocycles. The number of thioether (sulfide) groups is 1. The summed E-state index contributed by atoms with van der Waals surface area (Å²) in [6, 6.07) is 41.1. The van der Waals surface area contributed by atoms with Gasteiger partial charge >= 0.3 is 29.9 Å². The number of carboxylic acids is 3. The molecule has 9 aromatic heterocycles. The second-order valence-corrected chi connectivity index (χ2v) is 38.4. The molecular formula is C94H103Cl2N29O18S2. The third kappa shape index (κ3) is 27.3. The van der Waals surface area contributed by atoms with E-state index in [0.29, 0.717) is 83.4 Å². The van der Waals surface area contributed by atoms with E-state index in [-0.39, 0.29) is 94.9 Å². The van der Waals surface area contributed by atoms with E-state index in [9.17, 15) is 61.5 Å². The molecule has 3 aliphatic rings. The SMILES string of the molecule is CC(C)n1cc(C(=O)Nc2nc3cc(Cl)ccc3o2)nn1.CC(C)n1cc(CC(=O)Nc2nc3cc(Cl)ccc3o2)nn1.CC(C)n1cc(CON2C(=O)c3ccccc3C2=O)nn1.CC(C)n1cc(S(=O)(=O)c2ccccc2)nn1.CC(C)n1nnc(C(=O)O)c1C(=O)O.CC1=C(C(=O)O)N2C(=O)C(NC(=O)C(NC(=O)Cc3cn(C(C)C)nn3)c3ccccc3)C2SC1.Cc1ccc(-c2cn(C(C)C)nn2)cc1. The molecule has 18 rings (SSSR count). The molecule has 1 fully saturated rings. The molecule has 3 atom stereocenters. The molecule has 145 heavy (non-hydrogen) atoms. The number of imide groups is 1. The van der Waals surface area contributed by atoms with Crippen molar-refractivity contribution in [1.82, 2.24) is 136 Å². The quantitative estimate of drug-likeness (QED) is 0.0186. The van der Waals surface area contributed by atoms with E-state index in [1.807, 2.05) is 80.1 Å². The number of sulfone groups is 1. The predicted molar refractivity (Wildman–Crippen MR) is 525 cm³/mol. The maximum Gasteiger partial charge on any atom is 0.359 e. The number of amides is 7. The number of carbonyl (C=O) groups is 10. The topological polar surface area (TPSA) is 596 Å². The fraction of sp³-hybridized carbons (Fsp3) is 0.319. The van der Waals surface area contributed by atoms with Crippen molar-refractivity contribution in [2.24, 2.45) is 0 Å². The third-order valence-corrected chi connectivity index (χ3v) is 24.7. The standard InChI is InChI=1S/C23H26N6O5S.C14H14ClN5O2.C14H14N4O3.C13H12ClN5O2.C12H15N3.C11H13N3O2S.C7H9N3O4/c1-12(2)28-10-15(26-27-28)9-16(30)24-17(14-7-5-4-6-8-14)20(31)25-18-21(32)29-19(23(33)34)13(3)11-35-22(18)29;1-8(2)20-7-10(18-19-20)6-13(21)17-14-16-11-5-9(15)3-4-12(11)22-14;1-9(2)17-7-10(15-16-17)8-21-18-13(19)11-5-3-4-6-12(11)14(18)20;1-7(2)19-6-10(17-18-19)12(20)16-13-15-9-5-8(14)3-4-11(9)21-13;1-9(2)15-8-12(13-14-15)11-6-4-10(3)5-7-11;1-9(2)14-8-11(12-13-14)17(15,16)10-6-4-3-5-7-10;1-3(2)10-5(7(13)14)4(6(11)12)8-9-10/h4-8,10,12,17-18,22H,9,11H2,1-3H3,(H,24,30)(H,25,31)(H,33,34);3-5,7-8H,6H2,1-2H3,(H,16,17,21);3-7,9H,8H2,1-2H3;3-7H,1-2H3,(H,15,16,20);4-9H,1-3H3;3-9H,1-2H3;3H,1-2H3,(H,11,12)(H,13,14). The highest BCUT2D eigenvalue weighted by molar-refractivity contribution is 8.00. The Morgan fingerprint density at radius 2 is 0.979 bits per heavy atom. The van der Waals surface area contributed by atoms with Crippen LogP contribution >= 0.6 is 35.0 Å². The minimum Gasteiger partial charge on any atom is -0.477 e. The van der Waals surface area contributed by atoms with Crippen LogP contribution in [0.15, 0.2) is 213 Å². The smallest absolute Gasteiger partial charge is 0.359 e. The van der Waals surface area contributed by atoms with Gasteiger partial charge in [0.1, 0.15) is 52.2 Å². The normalized spacial score (nSPS) is 13.8. The van der Waals surface area contributed by atoms with Crippen LogP contribution in [0.4, 0.5) is 12.0 Å². The number of aryl methyl sites for hydroxylation is 1. The minimum absolute atomic E-state index is 0.0121. The van der Waals surface area contributed by atoms with E-state index in [2.05, 4.69) is 148 Å². The molecule has 3 aliphatic heterocycles. The van der Waals surface area contributed by atoms with Crippen molar-refractivity contribution >= 4 is 138 Å². The molecule has 0 spiro atoms. The summed E-state index contributed by atoms with van der Waals surface area (Å²) in [6.07, 6.45) is 10.2. The van der Waals surface area contributed by atoms with E-state index in [1.54, 1.807) is 186 Å². The summed E-state index contributed by atoms with van der Waals surface area (Å²) in [7, 11) is -3.55. The number of hydrogen-bond donors (Lipinski definition) is 7. The van der Waals surface area contributed by atoms with Crippen molar-refractivity contribution in [1.29, 1.82) is 0 Å². The summed E-state index contributed by atoms with van der Waals surface area (Å²) in [5, 5.41) is 92.8. The first-order chi connectivity index (χ1) is 68.9. The largest absolute Gasteiger partial charge is 0.477 e. The van der Waals surface area contributed by atoms with Crippen LogP contribution in [0.3, 0.4) is 0 Å². The van der Waals surface area contributed by atoms with Crippen molar-refractivity contribution in [2.75, 3.05) is 16.4 Å². The molecule has 1 saturated heterocycles. The first-order valence-corrected chi connectivity index (χ1v) is 48.3. The van der Waals surface area contributed by atoms with Crippen LogP contribution in [-0.2, 0) is 58.1 Å². The highest BCUT2D eigenvalue weighted by Crippen LogP contribution is 2.41. The number of rotatable bonds is 27. The third-order valence-electron chi connectivity index (χ3n) is 21.2. The lowest BCUT2D eigenvalue weighted by Crippen LogP contribution is -2.71. The number of hydroxylamine groups is 2. The van der Waals surface area contributed by atoms with E-state index >= 15 is 0 Å². The average molecular weight is 2060 g/mol. The fourth-order valence-electron chi connectivity index (χ4n) is 13.4. The van der Waals surface area contributed by atoms with Crippen molar-refractivity contribution in [3.8, 4) is 11.3 Å². The molecular weight excluding hydrogens is 1960 g/mol. The lowest BCUT2D eigenvalue weighted by atomic mass is 10.0. The van der Waals surface area contributed by atoms with Gasteiger partial charge in [-0.15, -0.1) is 52.5 Å². The number of aliphatic carboxylic acids is 1. The van der Waals surface area contributed by atoms with Gasteiger partial charge in [0.25, 0.3) is 23.6 Å². The van der Waals surface area contributed by atoms with Crippen LogP contribution in [0.2, 0.25) is 10.0 Å². The maximum atomic E-state index is 13.3. The molecule has 51 heteroatoms. The Balaban J connectivity index is 0.000000154. The van der Waals surface area contributed by atoms with Crippen molar-refractivity contribution in [3.05, 3.63) is 261 Å². The van der Waals surface area contributed by atoms with Gasteiger partial charge in [0.05, 0.1) is 65.0 Å². The summed E-state index contributed by atoms with van der Waals surface area (Å²) in [6.45, 7) is 30.8. The number of fused-ring (bicyclic) bond motifs is 4. The van der Waals surface area contributed by atoms with Gasteiger partial charge in [-0.1, -0.05) is 150 Å². The van der Waals surface area contributed by atoms with Gasteiger partial charge in [-0.25, -0.2) is 55.6 Å². The summed E-state index contributed by atoms with van der Waals surface area (Å²) in [4.78, 5) is 135. The number of carbonyl (C=O) groups excluding carboxylic acids is 7. The molecule has 0 radical (unpaired) electrons. The Morgan fingerprint density at radius 1 is 0.503 bits per heavy atom. The van der Waals surface area contributed by atoms with Gasteiger partial charge in [0, 0.05) is 76.0 Å². The van der Waals surface area contributed by atoms with Gasteiger partial charge in [-0.3, -0.25) is 53.9 Å². The number of carboxylic acid groups (broad SMARTS) is 3. The zero-order valence-electron chi connectivity index (χ0n) is 81.1. The maximum absolute atomic E-state index is 13.3. The van der Waals surface area contributed by atoms with Crippen LogP contribution in [-0.4, -0.2) is 225 Å². The van der Waals surface area contributed by atoms with Gasteiger partial charge in [0.2, 0.25) is 38.3 Å². The first-order valence-electron chi connectivity index (χ1n) is 45.0. The van der Waals surface area contributed by atoms with Crippen molar-refractivity contribution in [2.45, 2.75) is 200 Å². The fourth-order valence-corrected chi connectivity index (χ4v) is 16.2. The molecule has 3 unspecified atom stereocenters. The Hall–Kier alpha value is -16.3. The zero-order valence-corrected chi connectivity index (χ0v) is 84.3. The molecule has 0 aliphatic carbocycles. The van der Waals surface area contributed by atoms with E-state index in [0.717, 1.165) is 21.0 Å². The number of β-lactam (4-membered cyclic amide) rings is 1. The summed E-state index contributed by atoms with van der Waals surface area (Å²) in [5.41, 5.74) is 8.28. The van der Waals surface area contributed by atoms with Crippen LogP contribution in [0.5, 0.6) is 0 Å². The lowest BCUT2D eigenvalue weighted by Gasteiger charge is -2.49. The molecule has 15 aromatic rings. The number of nitrogens with one attached hydrogen (secondary N) is 4. The van der Waals surface area contributed by atoms with E-state index in [1.165, 1.54) is 33.1 Å². The number of aromatic carboxylic acids is 2. The number of hydrogen-bond acceptors (Lipinski definition) is 32. The number of halogens is 2. The van der Waals surface area contributed by atoms with Crippen LogP contribution in [0.1, 0.15) is 233 Å². The highest BCUT2D eigenvalue weighted by atomic mass is 35.5. The van der Waals surface area contributed by atoms with Crippen LogP contribution in [0.25, 0.3) is 33.5 Å². The molecule has 47 nitrogen and oxygen atoms in total. The summed E-state index contributed by atoms with van der Waals surface area (Å²) >= 11 is 13.1. The Bertz CT molecular complexity index is 7290. The zero-order chi connectivity index (χ0) is 105. The van der Waals surface area contributed by atoms with E-state index in [4.69, 9.17) is 47.1 Å². The molecule has 12 heterocycles. The summed E-state index contributed by atoms with van der Waals surface area (Å²) < 4.78 is 46.2. The second-order valence-electron chi connectivity index (χ2n) is 34.5. The Kier molecular flexibility index (Phi) is 35.6. The molecule has 758 valence electrons. The van der Waals surface area contributed by atoms with Gasteiger partial charge < -0.3 is 34.8 Å². The Labute approximate surface area is 842 Å². The predicted octanol–water partition coefficient (Wildman–Crippen LogP) is 13.1. The number of oxazole rings is 2. The number of anilines is 2. The summed E-state index contributed by atoms with van der Waals surface area (Å²) in [5.74, 6) is -6.55. The highest BCUT2D eigenvalue weighted by Gasteiger charge is 2.54. The van der Waals surface area contributed by atoms with Crippen LogP contribution < -0.4 is 21.3 Å². The van der Waals surface area contributed by atoms with Gasteiger partial charge in [-0.2, -0.15) is 9.97 Å². The monoisotopic (exact) mass is 2060 g/mol.